The summed E-state index contributed by atoms with van der Waals surface area (Å²) in [6, 6.07) is 24.4. The van der Waals surface area contributed by atoms with E-state index in [9.17, 15) is 4.79 Å². The van der Waals surface area contributed by atoms with Crippen LogP contribution in [-0.4, -0.2) is 12.0 Å². The number of para-hydroxylation sites is 1. The average molecular weight is 346 g/mol. The van der Waals surface area contributed by atoms with E-state index < -0.39 is 0 Å². The molecule has 3 rings (SSSR count). The van der Waals surface area contributed by atoms with Crippen LogP contribution in [0.15, 0.2) is 89.9 Å². The normalized spacial score (nSPS) is 11.2. The molecule has 0 saturated carbocycles. The van der Waals surface area contributed by atoms with Gasteiger partial charge in [0.2, 0.25) is 0 Å². The molecule has 0 aliphatic heterocycles. The molecule has 25 heavy (non-hydrogen) atoms. The first kappa shape index (κ1) is 16.9. The van der Waals surface area contributed by atoms with Crippen LogP contribution < -0.4 is 0 Å². The second kappa shape index (κ2) is 8.22. The van der Waals surface area contributed by atoms with Gasteiger partial charge in [-0.3, -0.25) is 9.79 Å². The Morgan fingerprint density at radius 2 is 1.64 bits per heavy atom. The van der Waals surface area contributed by atoms with Crippen molar-refractivity contribution in [3.8, 4) is 0 Å². The Morgan fingerprint density at radius 3 is 2.44 bits per heavy atom. The lowest BCUT2D eigenvalue weighted by molar-refractivity contribution is 0.104. The molecular formula is C22H16ClNO. The predicted octanol–water partition coefficient (Wildman–Crippen LogP) is 5.99. The molecule has 0 heterocycles. The molecule has 3 aromatic rings. The standard InChI is InChI=1S/C22H16ClNO/c23-20-11-6-7-17(15-20)16-24-21-12-5-4-8-18(21)13-14-22(25)19-9-2-1-3-10-19/h1-16H/b14-13+,24-16?. The highest BCUT2D eigenvalue weighted by Gasteiger charge is 2.01. The third-order valence-electron chi connectivity index (χ3n) is 3.61. The molecule has 2 nitrogen and oxygen atoms in total. The monoisotopic (exact) mass is 345 g/mol. The van der Waals surface area contributed by atoms with Gasteiger partial charge in [0, 0.05) is 22.4 Å². The van der Waals surface area contributed by atoms with Crippen LogP contribution in [-0.2, 0) is 0 Å². The maximum Gasteiger partial charge on any atom is 0.185 e. The highest BCUT2D eigenvalue weighted by Crippen LogP contribution is 2.21. The van der Waals surface area contributed by atoms with Gasteiger partial charge in [0.25, 0.3) is 0 Å². The van der Waals surface area contributed by atoms with E-state index in [1.165, 1.54) is 0 Å². The van der Waals surface area contributed by atoms with Crippen molar-refractivity contribution < 1.29 is 4.79 Å². The van der Waals surface area contributed by atoms with Crippen LogP contribution in [0.25, 0.3) is 6.08 Å². The Labute approximate surface area is 152 Å². The van der Waals surface area contributed by atoms with Gasteiger partial charge < -0.3 is 0 Å². The highest BCUT2D eigenvalue weighted by atomic mass is 35.5. The molecule has 122 valence electrons. The van der Waals surface area contributed by atoms with E-state index >= 15 is 0 Å². The van der Waals surface area contributed by atoms with Gasteiger partial charge in [-0.15, -0.1) is 0 Å². The van der Waals surface area contributed by atoms with Crippen molar-refractivity contribution in [1.82, 2.24) is 0 Å². The fourth-order valence-electron chi connectivity index (χ4n) is 2.34. The summed E-state index contributed by atoms with van der Waals surface area (Å²) in [7, 11) is 0. The molecule has 0 aromatic heterocycles. The number of allylic oxidation sites excluding steroid dienone is 1. The average Bonchev–Trinajstić information content (AvgIpc) is 2.66. The highest BCUT2D eigenvalue weighted by molar-refractivity contribution is 6.30. The zero-order valence-electron chi connectivity index (χ0n) is 13.5. The van der Waals surface area contributed by atoms with Crippen molar-refractivity contribution in [2.24, 2.45) is 4.99 Å². The second-order valence-electron chi connectivity index (χ2n) is 5.44. The smallest absolute Gasteiger partial charge is 0.185 e. The number of benzene rings is 3. The number of aliphatic imine (C=N–C) groups is 1. The van der Waals surface area contributed by atoms with Crippen LogP contribution in [0.2, 0.25) is 5.02 Å². The predicted molar refractivity (Wildman–Crippen MR) is 105 cm³/mol. The molecule has 3 heteroatoms. The molecule has 0 unspecified atom stereocenters. The molecule has 0 aliphatic rings. The third-order valence-corrected chi connectivity index (χ3v) is 3.85. The molecule has 0 radical (unpaired) electrons. The van der Waals surface area contributed by atoms with E-state index in [-0.39, 0.29) is 5.78 Å². The van der Waals surface area contributed by atoms with Crippen LogP contribution in [0.1, 0.15) is 21.5 Å². The maximum atomic E-state index is 12.2. The molecule has 0 aliphatic carbocycles. The summed E-state index contributed by atoms with van der Waals surface area (Å²) in [4.78, 5) is 16.7. The Hall–Kier alpha value is -2.97. The van der Waals surface area contributed by atoms with Crippen LogP contribution in [0.3, 0.4) is 0 Å². The van der Waals surface area contributed by atoms with Gasteiger partial charge in [-0.25, -0.2) is 0 Å². The molecule has 0 fully saturated rings. The van der Waals surface area contributed by atoms with Gasteiger partial charge in [-0.05, 0) is 35.9 Å². The molecular weight excluding hydrogens is 330 g/mol. The number of hydrogen-bond donors (Lipinski definition) is 0. The van der Waals surface area contributed by atoms with E-state index in [2.05, 4.69) is 4.99 Å². The van der Waals surface area contributed by atoms with Crippen molar-refractivity contribution >= 4 is 35.4 Å². The minimum atomic E-state index is -0.0331. The summed E-state index contributed by atoms with van der Waals surface area (Å²) in [6.07, 6.45) is 5.13. The summed E-state index contributed by atoms with van der Waals surface area (Å²) in [5.41, 5.74) is 3.26. The van der Waals surface area contributed by atoms with Gasteiger partial charge in [0.05, 0.1) is 5.69 Å². The second-order valence-corrected chi connectivity index (χ2v) is 5.87. The Bertz CT molecular complexity index is 930. The van der Waals surface area contributed by atoms with E-state index in [0.29, 0.717) is 10.6 Å². The van der Waals surface area contributed by atoms with Crippen molar-refractivity contribution in [2.75, 3.05) is 0 Å². The minimum absolute atomic E-state index is 0.0331. The molecule has 0 bridgehead atoms. The Morgan fingerprint density at radius 1 is 0.880 bits per heavy atom. The van der Waals surface area contributed by atoms with Crippen molar-refractivity contribution in [3.05, 3.63) is 107 Å². The summed E-state index contributed by atoms with van der Waals surface area (Å²) < 4.78 is 0. The van der Waals surface area contributed by atoms with Crippen LogP contribution in [0.5, 0.6) is 0 Å². The topological polar surface area (TPSA) is 29.4 Å². The fourth-order valence-corrected chi connectivity index (χ4v) is 2.54. The third kappa shape index (κ3) is 4.75. The quantitative estimate of drug-likeness (QED) is 0.317. The van der Waals surface area contributed by atoms with E-state index in [0.717, 1.165) is 16.8 Å². The van der Waals surface area contributed by atoms with Crippen molar-refractivity contribution in [1.29, 1.82) is 0 Å². The lowest BCUT2D eigenvalue weighted by Gasteiger charge is -2.01. The van der Waals surface area contributed by atoms with Crippen LogP contribution in [0, 0.1) is 0 Å². The zero-order chi connectivity index (χ0) is 17.5. The minimum Gasteiger partial charge on any atom is -0.289 e. The molecule has 0 atom stereocenters. The lowest BCUT2D eigenvalue weighted by Crippen LogP contribution is -1.92. The number of carbonyl (C=O) groups is 1. The molecule has 3 aromatic carbocycles. The summed E-state index contributed by atoms with van der Waals surface area (Å²) in [5.74, 6) is -0.0331. The fraction of sp³-hybridized carbons (Fsp3) is 0. The number of rotatable bonds is 5. The Kier molecular flexibility index (Phi) is 5.55. The van der Waals surface area contributed by atoms with Crippen molar-refractivity contribution in [2.45, 2.75) is 0 Å². The molecule has 0 saturated heterocycles. The summed E-state index contributed by atoms with van der Waals surface area (Å²) in [6.45, 7) is 0. The Balaban J connectivity index is 1.81. The van der Waals surface area contributed by atoms with Crippen molar-refractivity contribution in [3.63, 3.8) is 0 Å². The first-order chi connectivity index (χ1) is 12.2. The van der Waals surface area contributed by atoms with Gasteiger partial charge in [0.1, 0.15) is 0 Å². The molecule has 0 N–H and O–H groups in total. The van der Waals surface area contributed by atoms with Gasteiger partial charge in [-0.1, -0.05) is 72.3 Å². The number of hydrogen-bond acceptors (Lipinski definition) is 2. The maximum absolute atomic E-state index is 12.2. The summed E-state index contributed by atoms with van der Waals surface area (Å²) in [5, 5.41) is 0.672. The molecule has 0 spiro atoms. The SMILES string of the molecule is O=C(/C=C/c1ccccc1N=Cc1cccc(Cl)c1)c1ccccc1. The first-order valence-electron chi connectivity index (χ1n) is 7.88. The zero-order valence-corrected chi connectivity index (χ0v) is 14.2. The number of carbonyl (C=O) groups excluding carboxylic acids is 1. The largest absolute Gasteiger partial charge is 0.289 e. The molecule has 0 amide bonds. The van der Waals surface area contributed by atoms with Gasteiger partial charge in [0.15, 0.2) is 5.78 Å². The van der Waals surface area contributed by atoms with E-state index in [1.807, 2.05) is 66.7 Å². The number of halogens is 1. The van der Waals surface area contributed by atoms with E-state index in [4.69, 9.17) is 11.6 Å². The lowest BCUT2D eigenvalue weighted by atomic mass is 10.1. The first-order valence-corrected chi connectivity index (χ1v) is 8.26. The number of ketones is 1. The van der Waals surface area contributed by atoms with Crippen LogP contribution in [0.4, 0.5) is 5.69 Å². The summed E-state index contributed by atoms with van der Waals surface area (Å²) >= 11 is 5.99. The van der Waals surface area contributed by atoms with Gasteiger partial charge >= 0.3 is 0 Å². The van der Waals surface area contributed by atoms with E-state index in [1.54, 1.807) is 30.5 Å². The van der Waals surface area contributed by atoms with Gasteiger partial charge in [-0.2, -0.15) is 0 Å². The van der Waals surface area contributed by atoms with Crippen LogP contribution >= 0.6 is 11.6 Å². The number of nitrogens with zero attached hydrogens (tertiary/aromatic N) is 1.